The molecule has 0 bridgehead atoms. The van der Waals surface area contributed by atoms with Crippen LogP contribution >= 0.6 is 0 Å². The van der Waals surface area contributed by atoms with Crippen LogP contribution in [0.1, 0.15) is 45.6 Å². The zero-order valence-electron chi connectivity index (χ0n) is 13.4. The number of hydrogen-bond donors (Lipinski definition) is 2. The number of benzene rings is 1. The predicted octanol–water partition coefficient (Wildman–Crippen LogP) is 2.95. The Morgan fingerprint density at radius 2 is 1.82 bits per heavy atom. The first kappa shape index (κ1) is 16.3. The van der Waals surface area contributed by atoms with E-state index >= 15 is 0 Å². The van der Waals surface area contributed by atoms with Crippen molar-refractivity contribution in [2.75, 3.05) is 6.61 Å². The number of imide groups is 1. The maximum Gasteiger partial charge on any atom is 0.322 e. The summed E-state index contributed by atoms with van der Waals surface area (Å²) in [5.74, 6) is 1.18. The quantitative estimate of drug-likeness (QED) is 0.601. The zero-order chi connectivity index (χ0) is 16.2. The molecule has 1 aliphatic rings. The Kier molecular flexibility index (Phi) is 5.06. The lowest BCUT2D eigenvalue weighted by atomic mass is 9.92. The van der Waals surface area contributed by atoms with Gasteiger partial charge in [-0.1, -0.05) is 32.4 Å². The minimum Gasteiger partial charge on any atom is -0.494 e. The molecule has 1 atom stereocenters. The average molecular weight is 304 g/mol. The van der Waals surface area contributed by atoms with Gasteiger partial charge in [0.05, 0.1) is 6.61 Å². The molecular weight excluding hydrogens is 280 g/mol. The SMILES string of the molecule is CC(C)CCCCOc1ccc(C2(C)NC(=O)NC2=O)cc1. The number of unbranched alkanes of at least 4 members (excludes halogenated alkanes) is 1. The van der Waals surface area contributed by atoms with Crippen LogP contribution in [-0.4, -0.2) is 18.5 Å². The van der Waals surface area contributed by atoms with Crippen molar-refractivity contribution < 1.29 is 14.3 Å². The number of rotatable bonds is 7. The molecule has 1 heterocycles. The maximum atomic E-state index is 11.9. The minimum absolute atomic E-state index is 0.333. The number of carbonyl (C=O) groups is 2. The predicted molar refractivity (Wildman–Crippen MR) is 84.7 cm³/mol. The second kappa shape index (κ2) is 6.81. The van der Waals surface area contributed by atoms with E-state index in [-0.39, 0.29) is 5.91 Å². The van der Waals surface area contributed by atoms with E-state index in [0.29, 0.717) is 6.61 Å². The molecule has 1 fully saturated rings. The van der Waals surface area contributed by atoms with Crippen LogP contribution in [0.25, 0.3) is 0 Å². The summed E-state index contributed by atoms with van der Waals surface area (Å²) < 4.78 is 5.70. The van der Waals surface area contributed by atoms with Crippen molar-refractivity contribution >= 4 is 11.9 Å². The number of ether oxygens (including phenoxy) is 1. The van der Waals surface area contributed by atoms with Gasteiger partial charge in [0.25, 0.3) is 5.91 Å². The second-order valence-electron chi connectivity index (χ2n) is 6.30. The van der Waals surface area contributed by atoms with Crippen molar-refractivity contribution in [2.24, 2.45) is 5.92 Å². The van der Waals surface area contributed by atoms with Gasteiger partial charge in [0.2, 0.25) is 0 Å². The third kappa shape index (κ3) is 3.78. The highest BCUT2D eigenvalue weighted by molar-refractivity contribution is 6.07. The molecule has 2 N–H and O–H groups in total. The Morgan fingerprint density at radius 3 is 2.36 bits per heavy atom. The molecule has 0 spiro atoms. The molecule has 0 radical (unpaired) electrons. The molecule has 0 saturated carbocycles. The first-order valence-electron chi connectivity index (χ1n) is 7.79. The van der Waals surface area contributed by atoms with Crippen LogP contribution in [0.3, 0.4) is 0 Å². The zero-order valence-corrected chi connectivity index (χ0v) is 13.4. The molecule has 1 aromatic carbocycles. The van der Waals surface area contributed by atoms with Crippen molar-refractivity contribution in [3.8, 4) is 5.75 Å². The minimum atomic E-state index is -1.01. The highest BCUT2D eigenvalue weighted by Crippen LogP contribution is 2.26. The number of urea groups is 1. The van der Waals surface area contributed by atoms with E-state index in [0.717, 1.165) is 23.7 Å². The fourth-order valence-electron chi connectivity index (χ4n) is 2.48. The van der Waals surface area contributed by atoms with E-state index in [1.807, 2.05) is 24.3 Å². The van der Waals surface area contributed by atoms with E-state index < -0.39 is 11.6 Å². The van der Waals surface area contributed by atoms with Crippen LogP contribution in [0.5, 0.6) is 5.75 Å². The fourth-order valence-corrected chi connectivity index (χ4v) is 2.48. The largest absolute Gasteiger partial charge is 0.494 e. The van der Waals surface area contributed by atoms with E-state index in [1.54, 1.807) is 6.92 Å². The first-order chi connectivity index (χ1) is 10.4. The van der Waals surface area contributed by atoms with Gasteiger partial charge in [-0.05, 0) is 43.4 Å². The Morgan fingerprint density at radius 1 is 1.14 bits per heavy atom. The topological polar surface area (TPSA) is 67.4 Å². The van der Waals surface area contributed by atoms with E-state index in [2.05, 4.69) is 24.5 Å². The maximum absolute atomic E-state index is 11.9. The third-order valence-corrected chi connectivity index (χ3v) is 3.92. The second-order valence-corrected chi connectivity index (χ2v) is 6.30. The van der Waals surface area contributed by atoms with Gasteiger partial charge in [-0.25, -0.2) is 4.79 Å². The molecule has 22 heavy (non-hydrogen) atoms. The molecule has 1 unspecified atom stereocenters. The van der Waals surface area contributed by atoms with Crippen molar-refractivity contribution in [1.82, 2.24) is 10.6 Å². The Balaban J connectivity index is 1.88. The monoisotopic (exact) mass is 304 g/mol. The molecule has 3 amide bonds. The van der Waals surface area contributed by atoms with Gasteiger partial charge in [-0.15, -0.1) is 0 Å². The lowest BCUT2D eigenvalue weighted by Crippen LogP contribution is -2.40. The summed E-state index contributed by atoms with van der Waals surface area (Å²) in [7, 11) is 0. The molecule has 0 aromatic heterocycles. The highest BCUT2D eigenvalue weighted by Gasteiger charge is 2.43. The smallest absolute Gasteiger partial charge is 0.322 e. The highest BCUT2D eigenvalue weighted by atomic mass is 16.5. The number of carbonyl (C=O) groups excluding carboxylic acids is 2. The summed E-state index contributed by atoms with van der Waals surface area (Å²) in [5.41, 5.74) is -0.268. The van der Waals surface area contributed by atoms with Gasteiger partial charge in [0.15, 0.2) is 0 Å². The summed E-state index contributed by atoms with van der Waals surface area (Å²) in [5, 5.41) is 4.90. The molecule has 0 aliphatic carbocycles. The average Bonchev–Trinajstić information content (AvgIpc) is 2.73. The summed E-state index contributed by atoms with van der Waals surface area (Å²) in [6.45, 7) is 6.83. The van der Waals surface area contributed by atoms with Crippen LogP contribution in [-0.2, 0) is 10.3 Å². The van der Waals surface area contributed by atoms with Crippen molar-refractivity contribution in [2.45, 2.75) is 45.6 Å². The summed E-state index contributed by atoms with van der Waals surface area (Å²) in [4.78, 5) is 23.2. The van der Waals surface area contributed by atoms with Crippen molar-refractivity contribution in [3.05, 3.63) is 29.8 Å². The van der Waals surface area contributed by atoms with Gasteiger partial charge in [-0.3, -0.25) is 10.1 Å². The van der Waals surface area contributed by atoms with Crippen LogP contribution in [0, 0.1) is 5.92 Å². The van der Waals surface area contributed by atoms with Gasteiger partial charge >= 0.3 is 6.03 Å². The molecule has 2 rings (SSSR count). The molecule has 5 nitrogen and oxygen atoms in total. The van der Waals surface area contributed by atoms with Gasteiger partial charge in [0, 0.05) is 0 Å². The standard InChI is InChI=1S/C17H24N2O3/c1-12(2)6-4-5-11-22-14-9-7-13(8-10-14)17(3)15(20)18-16(21)19-17/h7-10,12H,4-6,11H2,1-3H3,(H2,18,19,20,21). The fraction of sp³-hybridized carbons (Fsp3) is 0.529. The Labute approximate surface area is 131 Å². The van der Waals surface area contributed by atoms with Crippen LogP contribution in [0.15, 0.2) is 24.3 Å². The van der Waals surface area contributed by atoms with Crippen LogP contribution in [0.4, 0.5) is 4.79 Å². The van der Waals surface area contributed by atoms with Gasteiger partial charge in [-0.2, -0.15) is 0 Å². The molecule has 1 aliphatic heterocycles. The van der Waals surface area contributed by atoms with Crippen LogP contribution in [0.2, 0.25) is 0 Å². The lowest BCUT2D eigenvalue weighted by Gasteiger charge is -2.21. The molecule has 5 heteroatoms. The first-order valence-corrected chi connectivity index (χ1v) is 7.79. The number of nitrogens with one attached hydrogen (secondary N) is 2. The Bertz CT molecular complexity index is 539. The third-order valence-electron chi connectivity index (χ3n) is 3.92. The number of amides is 3. The van der Waals surface area contributed by atoms with Crippen molar-refractivity contribution in [3.63, 3.8) is 0 Å². The Hall–Kier alpha value is -2.04. The summed E-state index contributed by atoms with van der Waals surface area (Å²) >= 11 is 0. The van der Waals surface area contributed by atoms with E-state index in [4.69, 9.17) is 4.74 Å². The molecule has 1 saturated heterocycles. The van der Waals surface area contributed by atoms with Gasteiger partial charge < -0.3 is 10.1 Å². The summed E-state index contributed by atoms with van der Waals surface area (Å²) in [6, 6.07) is 6.84. The van der Waals surface area contributed by atoms with Gasteiger partial charge in [0.1, 0.15) is 11.3 Å². The van der Waals surface area contributed by atoms with E-state index in [9.17, 15) is 9.59 Å². The van der Waals surface area contributed by atoms with Crippen LogP contribution < -0.4 is 15.4 Å². The van der Waals surface area contributed by atoms with Crippen molar-refractivity contribution in [1.29, 1.82) is 0 Å². The molecule has 120 valence electrons. The summed E-state index contributed by atoms with van der Waals surface area (Å²) in [6.07, 6.45) is 3.42. The number of hydrogen-bond acceptors (Lipinski definition) is 3. The normalized spacial score (nSPS) is 20.9. The molecular formula is C17H24N2O3. The van der Waals surface area contributed by atoms with E-state index in [1.165, 1.54) is 12.8 Å². The lowest BCUT2D eigenvalue weighted by molar-refractivity contribution is -0.123. The molecule has 1 aromatic rings.